The topological polar surface area (TPSA) is 73.7 Å². The van der Waals surface area contributed by atoms with Gasteiger partial charge in [-0.1, -0.05) is 0 Å². The van der Waals surface area contributed by atoms with Crippen LogP contribution in [0.5, 0.6) is 0 Å². The summed E-state index contributed by atoms with van der Waals surface area (Å²) in [6.07, 6.45) is -2.72. The summed E-state index contributed by atoms with van der Waals surface area (Å²) in [5.74, 6) is 0. The number of pyridine rings is 1. The molecule has 1 N–H and O–H groups in total. The van der Waals surface area contributed by atoms with Gasteiger partial charge in [0.05, 0.1) is 11.3 Å². The minimum absolute atomic E-state index is 0.159. The number of nitrogens with one attached hydrogen (secondary N) is 1. The van der Waals surface area contributed by atoms with Crippen LogP contribution in [0, 0.1) is 11.3 Å². The van der Waals surface area contributed by atoms with Crippen molar-refractivity contribution in [2.75, 3.05) is 0 Å². The normalized spacial score (nSPS) is 9.86. The molecule has 0 spiro atoms. The summed E-state index contributed by atoms with van der Waals surface area (Å²) in [5.41, 5.74) is -2.43. The number of aldehydes is 1. The quantitative estimate of drug-likeness (QED) is 0.720. The van der Waals surface area contributed by atoms with Crippen LogP contribution in [-0.4, -0.2) is 11.3 Å². The average molecular weight is 198 g/mol. The summed E-state index contributed by atoms with van der Waals surface area (Å²) in [6, 6.07) is 2.07. The Balaban J connectivity index is 3.49. The van der Waals surface area contributed by atoms with Crippen molar-refractivity contribution in [2.45, 2.75) is 6.43 Å². The number of carbonyl (C=O) groups excluding carboxylic acids is 1. The number of hydrogen-bond donors (Lipinski definition) is 1. The molecule has 0 atom stereocenters. The van der Waals surface area contributed by atoms with Gasteiger partial charge in [-0.3, -0.25) is 9.59 Å². The Bertz CT molecular complexity index is 459. The van der Waals surface area contributed by atoms with Crippen LogP contribution in [0.4, 0.5) is 8.78 Å². The summed E-state index contributed by atoms with van der Waals surface area (Å²) in [4.78, 5) is 23.4. The highest BCUT2D eigenvalue weighted by atomic mass is 19.3. The largest absolute Gasteiger partial charge is 0.345 e. The lowest BCUT2D eigenvalue weighted by Gasteiger charge is -2.01. The number of H-pyrrole nitrogens is 1. The van der Waals surface area contributed by atoms with Gasteiger partial charge in [0.1, 0.15) is 11.8 Å². The van der Waals surface area contributed by atoms with Crippen molar-refractivity contribution < 1.29 is 13.6 Å². The van der Waals surface area contributed by atoms with Gasteiger partial charge >= 0.3 is 0 Å². The summed E-state index contributed by atoms with van der Waals surface area (Å²) >= 11 is 0. The molecule has 0 saturated heterocycles. The van der Waals surface area contributed by atoms with Crippen LogP contribution in [0.3, 0.4) is 0 Å². The number of hydrogen-bond acceptors (Lipinski definition) is 3. The lowest BCUT2D eigenvalue weighted by Crippen LogP contribution is -2.13. The van der Waals surface area contributed by atoms with Gasteiger partial charge < -0.3 is 4.98 Å². The Labute approximate surface area is 76.8 Å². The molecular weight excluding hydrogens is 194 g/mol. The molecule has 14 heavy (non-hydrogen) atoms. The SMILES string of the molecule is N#Cc1[nH]c(C(F)F)cc(=O)c1C=O. The fourth-order valence-corrected chi connectivity index (χ4v) is 0.913. The summed E-state index contributed by atoms with van der Waals surface area (Å²) in [6.45, 7) is 0. The molecular formula is C8H4F2N2O2. The van der Waals surface area contributed by atoms with Crippen LogP contribution in [-0.2, 0) is 0 Å². The van der Waals surface area contributed by atoms with E-state index in [9.17, 15) is 18.4 Å². The van der Waals surface area contributed by atoms with Gasteiger partial charge in [0, 0.05) is 6.07 Å². The second kappa shape index (κ2) is 3.79. The van der Waals surface area contributed by atoms with E-state index in [4.69, 9.17) is 5.26 Å². The Morgan fingerprint density at radius 2 is 2.21 bits per heavy atom. The van der Waals surface area contributed by atoms with E-state index in [1.165, 1.54) is 6.07 Å². The van der Waals surface area contributed by atoms with Crippen molar-refractivity contribution in [2.24, 2.45) is 0 Å². The highest BCUT2D eigenvalue weighted by Gasteiger charge is 2.13. The number of nitrogens with zero attached hydrogens (tertiary/aromatic N) is 1. The molecule has 0 aliphatic carbocycles. The zero-order valence-corrected chi connectivity index (χ0v) is 6.75. The van der Waals surface area contributed by atoms with E-state index in [0.717, 1.165) is 0 Å². The Hall–Kier alpha value is -2.03. The first-order valence-corrected chi connectivity index (χ1v) is 3.50. The monoisotopic (exact) mass is 198 g/mol. The fourth-order valence-electron chi connectivity index (χ4n) is 0.913. The van der Waals surface area contributed by atoms with E-state index in [0.29, 0.717) is 6.07 Å². The van der Waals surface area contributed by atoms with Crippen molar-refractivity contribution in [3.63, 3.8) is 0 Å². The molecule has 0 radical (unpaired) electrons. The van der Waals surface area contributed by atoms with E-state index in [-0.39, 0.29) is 6.29 Å². The molecule has 6 heteroatoms. The van der Waals surface area contributed by atoms with Crippen LogP contribution in [0.1, 0.15) is 28.2 Å². The molecule has 4 nitrogen and oxygen atoms in total. The molecule has 0 amide bonds. The van der Waals surface area contributed by atoms with Crippen LogP contribution in [0.15, 0.2) is 10.9 Å². The van der Waals surface area contributed by atoms with Crippen molar-refractivity contribution in [3.8, 4) is 6.07 Å². The van der Waals surface area contributed by atoms with Gasteiger partial charge in [-0.25, -0.2) is 8.78 Å². The Morgan fingerprint density at radius 1 is 1.57 bits per heavy atom. The first kappa shape index (κ1) is 10.1. The number of rotatable bonds is 2. The van der Waals surface area contributed by atoms with Crippen LogP contribution in [0.2, 0.25) is 0 Å². The maximum atomic E-state index is 12.1. The van der Waals surface area contributed by atoms with Crippen LogP contribution in [0.25, 0.3) is 0 Å². The highest BCUT2D eigenvalue weighted by molar-refractivity contribution is 5.77. The summed E-state index contributed by atoms with van der Waals surface area (Å²) in [5, 5.41) is 8.46. The smallest absolute Gasteiger partial charge is 0.278 e. The number of aromatic amines is 1. The third-order valence-corrected chi connectivity index (χ3v) is 1.56. The van der Waals surface area contributed by atoms with E-state index in [2.05, 4.69) is 0 Å². The third-order valence-electron chi connectivity index (χ3n) is 1.56. The summed E-state index contributed by atoms with van der Waals surface area (Å²) < 4.78 is 24.3. The molecule has 0 aliphatic rings. The van der Waals surface area contributed by atoms with E-state index >= 15 is 0 Å². The summed E-state index contributed by atoms with van der Waals surface area (Å²) in [7, 11) is 0. The molecule has 1 heterocycles. The molecule has 0 saturated carbocycles. The third kappa shape index (κ3) is 1.66. The predicted molar refractivity (Wildman–Crippen MR) is 42.1 cm³/mol. The zero-order valence-electron chi connectivity index (χ0n) is 6.75. The number of aromatic nitrogens is 1. The molecule has 0 aromatic carbocycles. The minimum Gasteiger partial charge on any atom is -0.345 e. The molecule has 1 aromatic rings. The molecule has 72 valence electrons. The molecule has 1 rings (SSSR count). The molecule has 0 fully saturated rings. The van der Waals surface area contributed by atoms with E-state index in [1.54, 1.807) is 0 Å². The first-order valence-electron chi connectivity index (χ1n) is 3.50. The second-order valence-corrected chi connectivity index (χ2v) is 2.41. The average Bonchev–Trinajstić information content (AvgIpc) is 2.16. The number of alkyl halides is 2. The highest BCUT2D eigenvalue weighted by Crippen LogP contribution is 2.15. The number of halogens is 2. The Morgan fingerprint density at radius 3 is 2.64 bits per heavy atom. The van der Waals surface area contributed by atoms with Gasteiger partial charge in [-0.05, 0) is 0 Å². The van der Waals surface area contributed by atoms with Gasteiger partial charge in [-0.2, -0.15) is 5.26 Å². The molecule has 0 unspecified atom stereocenters. The standard InChI is InChI=1S/C8H4F2N2O2/c9-8(10)5-1-7(14)4(3-13)6(2-11)12-5/h1,3,8H,(H,12,14). The Kier molecular flexibility index (Phi) is 2.72. The van der Waals surface area contributed by atoms with Gasteiger partial charge in [0.15, 0.2) is 11.7 Å². The van der Waals surface area contributed by atoms with Crippen molar-refractivity contribution in [3.05, 3.63) is 33.2 Å². The molecule has 1 aromatic heterocycles. The number of nitriles is 1. The first-order chi connectivity index (χ1) is 6.60. The molecule has 0 aliphatic heterocycles. The van der Waals surface area contributed by atoms with E-state index in [1.807, 2.05) is 4.98 Å². The predicted octanol–water partition coefficient (Wildman–Crippen LogP) is 0.997. The van der Waals surface area contributed by atoms with Crippen molar-refractivity contribution in [1.29, 1.82) is 5.26 Å². The molecule has 0 bridgehead atoms. The van der Waals surface area contributed by atoms with Gasteiger partial charge in [0.25, 0.3) is 6.43 Å². The maximum Gasteiger partial charge on any atom is 0.278 e. The van der Waals surface area contributed by atoms with Crippen molar-refractivity contribution >= 4 is 6.29 Å². The second-order valence-electron chi connectivity index (χ2n) is 2.41. The van der Waals surface area contributed by atoms with Crippen molar-refractivity contribution in [1.82, 2.24) is 4.98 Å². The minimum atomic E-state index is -2.88. The zero-order chi connectivity index (χ0) is 10.7. The van der Waals surface area contributed by atoms with E-state index < -0.39 is 28.8 Å². The van der Waals surface area contributed by atoms with Crippen LogP contribution >= 0.6 is 0 Å². The lowest BCUT2D eigenvalue weighted by atomic mass is 10.2. The van der Waals surface area contributed by atoms with Gasteiger partial charge in [0.2, 0.25) is 0 Å². The van der Waals surface area contributed by atoms with Crippen LogP contribution < -0.4 is 5.43 Å². The van der Waals surface area contributed by atoms with Gasteiger partial charge in [-0.15, -0.1) is 0 Å². The number of carbonyl (C=O) groups is 1. The fraction of sp³-hybridized carbons (Fsp3) is 0.125. The lowest BCUT2D eigenvalue weighted by molar-refractivity contribution is 0.112. The maximum absolute atomic E-state index is 12.1.